The molecule has 0 radical (unpaired) electrons. The highest BCUT2D eigenvalue weighted by Crippen LogP contribution is 2.58. The molecule has 2 rings (SSSR count). The molecule has 19 heavy (non-hydrogen) atoms. The third kappa shape index (κ3) is 2.14. The Morgan fingerprint density at radius 3 is 2.79 bits per heavy atom. The first-order chi connectivity index (χ1) is 8.71. The van der Waals surface area contributed by atoms with Gasteiger partial charge in [0.25, 0.3) is 0 Å². The minimum atomic E-state index is -0.927. The van der Waals surface area contributed by atoms with Gasteiger partial charge in [0.05, 0.1) is 6.10 Å². The van der Waals surface area contributed by atoms with Crippen LogP contribution in [-0.4, -0.2) is 46.4 Å². The maximum absolute atomic E-state index is 12.5. The van der Waals surface area contributed by atoms with E-state index in [2.05, 4.69) is 5.32 Å². The predicted molar refractivity (Wildman–Crippen MR) is 75.1 cm³/mol. The van der Waals surface area contributed by atoms with Gasteiger partial charge in [0, 0.05) is 46.8 Å². The molecule has 5 nitrogen and oxygen atoms in total. The van der Waals surface area contributed by atoms with Gasteiger partial charge in [-0.1, -0.05) is 13.8 Å². The minimum Gasteiger partial charge on any atom is -0.377 e. The van der Waals surface area contributed by atoms with E-state index in [0.29, 0.717) is 12.4 Å². The predicted octanol–water partition coefficient (Wildman–Crippen LogP) is 0.0120. The first-order valence-electron chi connectivity index (χ1n) is 6.72. The standard InChI is InChI=1S/C13H24N2O3S/c1-8(7-19(4)17)15-11(16)13(14)9-5-6-18-10(9)12(13,2)3/h8-10H,5-7,14H2,1-4H3,(H,15,16). The van der Waals surface area contributed by atoms with Crippen LogP contribution in [0.3, 0.4) is 0 Å². The quantitative estimate of drug-likeness (QED) is 0.763. The number of nitrogens with one attached hydrogen (secondary N) is 1. The molecule has 6 heteroatoms. The number of carbonyl (C=O) groups is 1. The van der Waals surface area contributed by atoms with E-state index in [0.717, 1.165) is 6.42 Å². The highest BCUT2D eigenvalue weighted by molar-refractivity contribution is 7.84. The molecular weight excluding hydrogens is 264 g/mol. The number of carbonyl (C=O) groups excluding carboxylic acids is 1. The van der Waals surface area contributed by atoms with E-state index in [4.69, 9.17) is 10.5 Å². The van der Waals surface area contributed by atoms with Gasteiger partial charge >= 0.3 is 0 Å². The van der Waals surface area contributed by atoms with Crippen molar-refractivity contribution < 1.29 is 13.7 Å². The molecule has 0 aromatic carbocycles. The van der Waals surface area contributed by atoms with Gasteiger partial charge in [0.15, 0.2) is 0 Å². The van der Waals surface area contributed by atoms with Crippen LogP contribution in [0, 0.1) is 11.3 Å². The Kier molecular flexibility index (Phi) is 3.79. The maximum Gasteiger partial charge on any atom is 0.241 e. The van der Waals surface area contributed by atoms with Gasteiger partial charge in [0.2, 0.25) is 5.91 Å². The molecule has 0 bridgehead atoms. The zero-order valence-corrected chi connectivity index (χ0v) is 12.9. The largest absolute Gasteiger partial charge is 0.377 e. The van der Waals surface area contributed by atoms with Gasteiger partial charge < -0.3 is 15.8 Å². The van der Waals surface area contributed by atoms with E-state index in [1.165, 1.54) is 0 Å². The van der Waals surface area contributed by atoms with Gasteiger partial charge in [-0.25, -0.2) is 0 Å². The van der Waals surface area contributed by atoms with E-state index < -0.39 is 16.3 Å². The lowest BCUT2D eigenvalue weighted by Crippen LogP contribution is -2.80. The second-order valence-corrected chi connectivity index (χ2v) is 7.87. The first kappa shape index (κ1) is 14.9. The molecule has 0 spiro atoms. The van der Waals surface area contributed by atoms with E-state index in [9.17, 15) is 9.00 Å². The molecule has 110 valence electrons. The van der Waals surface area contributed by atoms with Crippen LogP contribution in [0.5, 0.6) is 0 Å². The normalized spacial score (nSPS) is 39.0. The summed E-state index contributed by atoms with van der Waals surface area (Å²) >= 11 is 0. The van der Waals surface area contributed by atoms with Crippen LogP contribution in [0.4, 0.5) is 0 Å². The molecule has 5 unspecified atom stereocenters. The molecule has 1 heterocycles. The van der Waals surface area contributed by atoms with Gasteiger partial charge in [-0.05, 0) is 13.3 Å². The SMILES string of the molecule is CC(CS(C)=O)NC(=O)C1(N)C2CCOC2C1(C)C. The zero-order chi connectivity index (χ0) is 14.4. The Bertz CT molecular complexity index is 413. The summed E-state index contributed by atoms with van der Waals surface area (Å²) < 4.78 is 16.9. The van der Waals surface area contributed by atoms with E-state index in [1.54, 1.807) is 6.26 Å². The Morgan fingerprint density at radius 2 is 2.21 bits per heavy atom. The van der Waals surface area contributed by atoms with Crippen LogP contribution >= 0.6 is 0 Å². The van der Waals surface area contributed by atoms with E-state index in [1.807, 2.05) is 20.8 Å². The molecule has 1 saturated carbocycles. The van der Waals surface area contributed by atoms with Crippen molar-refractivity contribution in [3.8, 4) is 0 Å². The van der Waals surface area contributed by atoms with Crippen LogP contribution < -0.4 is 11.1 Å². The minimum absolute atomic E-state index is 0.0823. The molecule has 0 aromatic rings. The van der Waals surface area contributed by atoms with Crippen molar-refractivity contribution in [1.82, 2.24) is 5.32 Å². The fraction of sp³-hybridized carbons (Fsp3) is 0.923. The summed E-state index contributed by atoms with van der Waals surface area (Å²) in [6.07, 6.45) is 2.56. The van der Waals surface area contributed by atoms with Gasteiger partial charge in [0.1, 0.15) is 5.54 Å². The van der Waals surface area contributed by atoms with Crippen molar-refractivity contribution in [2.24, 2.45) is 17.1 Å². The summed E-state index contributed by atoms with van der Waals surface area (Å²) in [5, 5.41) is 2.91. The van der Waals surface area contributed by atoms with Crippen molar-refractivity contribution >= 4 is 16.7 Å². The average Bonchev–Trinajstić information content (AvgIpc) is 2.73. The first-order valence-corrected chi connectivity index (χ1v) is 8.45. The van der Waals surface area contributed by atoms with Crippen LogP contribution in [0.15, 0.2) is 0 Å². The van der Waals surface area contributed by atoms with Crippen molar-refractivity contribution in [1.29, 1.82) is 0 Å². The van der Waals surface area contributed by atoms with Crippen LogP contribution in [0.2, 0.25) is 0 Å². The lowest BCUT2D eigenvalue weighted by molar-refractivity contribution is -0.175. The molecule has 2 fully saturated rings. The topological polar surface area (TPSA) is 81.4 Å². The number of fused-ring (bicyclic) bond motifs is 1. The van der Waals surface area contributed by atoms with E-state index in [-0.39, 0.29) is 29.4 Å². The summed E-state index contributed by atoms with van der Waals surface area (Å²) in [5.74, 6) is 0.413. The van der Waals surface area contributed by atoms with Crippen molar-refractivity contribution in [3.05, 3.63) is 0 Å². The zero-order valence-electron chi connectivity index (χ0n) is 12.1. The monoisotopic (exact) mass is 288 g/mol. The highest BCUT2D eigenvalue weighted by atomic mass is 32.2. The second-order valence-electron chi connectivity index (χ2n) is 6.39. The maximum atomic E-state index is 12.5. The molecule has 1 aliphatic heterocycles. The Morgan fingerprint density at radius 1 is 1.58 bits per heavy atom. The summed E-state index contributed by atoms with van der Waals surface area (Å²) in [7, 11) is -0.927. The second kappa shape index (κ2) is 4.82. The number of amides is 1. The third-order valence-corrected chi connectivity index (χ3v) is 5.66. The van der Waals surface area contributed by atoms with Crippen LogP contribution in [-0.2, 0) is 20.3 Å². The summed E-state index contributed by atoms with van der Waals surface area (Å²) in [6.45, 7) is 6.51. The van der Waals surface area contributed by atoms with Gasteiger partial charge in [-0.15, -0.1) is 0 Å². The molecule has 3 N–H and O–H groups in total. The fourth-order valence-electron chi connectivity index (χ4n) is 3.58. The molecule has 2 aliphatic rings. The Labute approximate surface area is 117 Å². The van der Waals surface area contributed by atoms with Gasteiger partial charge in [-0.2, -0.15) is 0 Å². The van der Waals surface area contributed by atoms with Crippen LogP contribution in [0.1, 0.15) is 27.2 Å². The number of nitrogens with two attached hydrogens (primary N) is 1. The average molecular weight is 288 g/mol. The van der Waals surface area contributed by atoms with Crippen molar-refractivity contribution in [2.45, 2.75) is 44.9 Å². The lowest BCUT2D eigenvalue weighted by atomic mass is 9.48. The van der Waals surface area contributed by atoms with E-state index >= 15 is 0 Å². The Balaban J connectivity index is 2.08. The van der Waals surface area contributed by atoms with Crippen molar-refractivity contribution in [3.63, 3.8) is 0 Å². The smallest absolute Gasteiger partial charge is 0.241 e. The molecule has 1 saturated heterocycles. The molecular formula is C13H24N2O3S. The van der Waals surface area contributed by atoms with Crippen molar-refractivity contribution in [2.75, 3.05) is 18.6 Å². The van der Waals surface area contributed by atoms with Crippen LogP contribution in [0.25, 0.3) is 0 Å². The highest BCUT2D eigenvalue weighted by Gasteiger charge is 2.71. The summed E-state index contributed by atoms with van der Waals surface area (Å²) in [5.41, 5.74) is 5.19. The summed E-state index contributed by atoms with van der Waals surface area (Å²) in [6, 6.07) is -0.129. The summed E-state index contributed by atoms with van der Waals surface area (Å²) in [4.78, 5) is 12.5. The third-order valence-electron chi connectivity index (χ3n) is 4.69. The molecule has 0 aromatic heterocycles. The Hall–Kier alpha value is -0.460. The lowest BCUT2D eigenvalue weighted by Gasteiger charge is -2.60. The van der Waals surface area contributed by atoms with Gasteiger partial charge in [-0.3, -0.25) is 9.00 Å². The number of hydrogen-bond donors (Lipinski definition) is 2. The number of rotatable bonds is 4. The number of ether oxygens (including phenoxy) is 1. The fourth-order valence-corrected chi connectivity index (χ4v) is 4.37. The number of hydrogen-bond acceptors (Lipinski definition) is 4. The molecule has 1 amide bonds. The molecule has 1 aliphatic carbocycles. The molecule has 5 atom stereocenters.